The van der Waals surface area contributed by atoms with E-state index in [0.717, 1.165) is 18.3 Å². The molecule has 0 N–H and O–H groups in total. The summed E-state index contributed by atoms with van der Waals surface area (Å²) in [5.41, 5.74) is 1.65. The summed E-state index contributed by atoms with van der Waals surface area (Å²) in [5, 5.41) is 0. The highest BCUT2D eigenvalue weighted by atomic mass is 16.5. The zero-order valence-corrected chi connectivity index (χ0v) is 8.53. The Morgan fingerprint density at radius 2 is 2.27 bits per heavy atom. The van der Waals surface area contributed by atoms with Crippen LogP contribution in [-0.4, -0.2) is 19.2 Å². The van der Waals surface area contributed by atoms with E-state index < -0.39 is 5.92 Å². The van der Waals surface area contributed by atoms with Crippen LogP contribution in [0.5, 0.6) is 5.75 Å². The van der Waals surface area contributed by atoms with Gasteiger partial charge in [0.2, 0.25) is 0 Å². The quantitative estimate of drug-likeness (QED) is 0.543. The van der Waals surface area contributed by atoms with Crippen molar-refractivity contribution in [2.24, 2.45) is 5.92 Å². The van der Waals surface area contributed by atoms with Gasteiger partial charge in [-0.25, -0.2) is 0 Å². The van der Waals surface area contributed by atoms with Crippen molar-refractivity contribution in [1.82, 2.24) is 0 Å². The van der Waals surface area contributed by atoms with Crippen molar-refractivity contribution >= 4 is 12.1 Å². The summed E-state index contributed by atoms with van der Waals surface area (Å²) in [4.78, 5) is 22.5. The molecule has 0 saturated heterocycles. The van der Waals surface area contributed by atoms with Gasteiger partial charge in [-0.2, -0.15) is 0 Å². The fourth-order valence-corrected chi connectivity index (χ4v) is 1.90. The number of aldehydes is 1. The van der Waals surface area contributed by atoms with Crippen molar-refractivity contribution in [2.75, 3.05) is 7.11 Å². The van der Waals surface area contributed by atoms with Crippen molar-refractivity contribution in [1.29, 1.82) is 0 Å². The van der Waals surface area contributed by atoms with Crippen LogP contribution in [0.3, 0.4) is 0 Å². The zero-order valence-electron chi connectivity index (χ0n) is 8.53. The van der Waals surface area contributed by atoms with E-state index in [9.17, 15) is 9.59 Å². The fourth-order valence-electron chi connectivity index (χ4n) is 1.90. The lowest BCUT2D eigenvalue weighted by Gasteiger charge is -2.19. The van der Waals surface area contributed by atoms with Gasteiger partial charge in [-0.3, -0.25) is 4.79 Å². The number of carbonyl (C=O) groups is 2. The van der Waals surface area contributed by atoms with Crippen LogP contribution in [0.1, 0.15) is 22.3 Å². The summed E-state index contributed by atoms with van der Waals surface area (Å²) in [7, 11) is 1.56. The lowest BCUT2D eigenvalue weighted by molar-refractivity contribution is -0.110. The number of hydrogen-bond acceptors (Lipinski definition) is 3. The Bertz CT molecular complexity index is 409. The van der Waals surface area contributed by atoms with Crippen molar-refractivity contribution in [2.45, 2.75) is 12.8 Å². The molecule has 15 heavy (non-hydrogen) atoms. The Morgan fingerprint density at radius 3 is 2.93 bits per heavy atom. The average Bonchev–Trinajstić information content (AvgIpc) is 2.29. The third-order valence-electron chi connectivity index (χ3n) is 2.81. The van der Waals surface area contributed by atoms with Crippen LogP contribution in [-0.2, 0) is 11.2 Å². The molecule has 1 aromatic rings. The molecule has 0 aromatic heterocycles. The second-order valence-electron chi connectivity index (χ2n) is 3.67. The first-order chi connectivity index (χ1) is 7.26. The molecule has 0 amide bonds. The number of aryl methyl sites for hydroxylation is 1. The maximum absolute atomic E-state index is 11.8. The molecule has 0 aliphatic heterocycles. The van der Waals surface area contributed by atoms with E-state index in [0.29, 0.717) is 17.7 Å². The topological polar surface area (TPSA) is 43.4 Å². The molecule has 0 fully saturated rings. The minimum Gasteiger partial charge on any atom is -0.497 e. The predicted octanol–water partition coefficient (Wildman–Crippen LogP) is 1.64. The van der Waals surface area contributed by atoms with Crippen LogP contribution in [0.15, 0.2) is 18.2 Å². The summed E-state index contributed by atoms with van der Waals surface area (Å²) in [6.45, 7) is 0. The van der Waals surface area contributed by atoms with Crippen LogP contribution >= 0.6 is 0 Å². The molecule has 3 nitrogen and oxygen atoms in total. The summed E-state index contributed by atoms with van der Waals surface area (Å²) in [6.07, 6.45) is 2.15. The van der Waals surface area contributed by atoms with Gasteiger partial charge in [0.25, 0.3) is 0 Å². The van der Waals surface area contributed by atoms with Gasteiger partial charge in [-0.1, -0.05) is 6.07 Å². The molecule has 0 radical (unpaired) electrons. The van der Waals surface area contributed by atoms with Crippen molar-refractivity contribution in [3.8, 4) is 5.75 Å². The minimum absolute atomic E-state index is 0.0786. The molecule has 1 aliphatic carbocycles. The highest BCUT2D eigenvalue weighted by molar-refractivity contribution is 6.07. The SMILES string of the molecule is COc1ccc2c(c1)C(=O)C(C=O)CC2. The molecule has 78 valence electrons. The normalized spacial score (nSPS) is 19.5. The Hall–Kier alpha value is -1.64. The summed E-state index contributed by atoms with van der Waals surface area (Å²) < 4.78 is 5.06. The van der Waals surface area contributed by atoms with Gasteiger partial charge in [0.15, 0.2) is 5.78 Å². The Labute approximate surface area is 88.1 Å². The molecule has 0 spiro atoms. The van der Waals surface area contributed by atoms with Gasteiger partial charge >= 0.3 is 0 Å². The molecule has 1 aromatic carbocycles. The number of methoxy groups -OCH3 is 1. The van der Waals surface area contributed by atoms with E-state index in [1.54, 1.807) is 13.2 Å². The molecule has 1 aliphatic rings. The van der Waals surface area contributed by atoms with Gasteiger partial charge in [-0.05, 0) is 30.5 Å². The van der Waals surface area contributed by atoms with Crippen molar-refractivity contribution < 1.29 is 14.3 Å². The van der Waals surface area contributed by atoms with Crippen LogP contribution in [0.25, 0.3) is 0 Å². The van der Waals surface area contributed by atoms with Crippen LogP contribution < -0.4 is 4.74 Å². The highest BCUT2D eigenvalue weighted by Gasteiger charge is 2.27. The van der Waals surface area contributed by atoms with Gasteiger partial charge in [-0.15, -0.1) is 0 Å². The van der Waals surface area contributed by atoms with Crippen LogP contribution in [0.2, 0.25) is 0 Å². The number of fused-ring (bicyclic) bond motifs is 1. The number of ketones is 1. The highest BCUT2D eigenvalue weighted by Crippen LogP contribution is 2.27. The second kappa shape index (κ2) is 3.85. The van der Waals surface area contributed by atoms with E-state index in [4.69, 9.17) is 4.74 Å². The number of ether oxygens (including phenoxy) is 1. The maximum Gasteiger partial charge on any atom is 0.173 e. The van der Waals surface area contributed by atoms with Crippen LogP contribution in [0, 0.1) is 5.92 Å². The number of carbonyl (C=O) groups excluding carboxylic acids is 2. The lowest BCUT2D eigenvalue weighted by Crippen LogP contribution is -2.23. The lowest BCUT2D eigenvalue weighted by atomic mass is 9.83. The van der Waals surface area contributed by atoms with Gasteiger partial charge < -0.3 is 9.53 Å². The number of rotatable bonds is 2. The number of benzene rings is 1. The number of hydrogen-bond donors (Lipinski definition) is 0. The molecule has 1 unspecified atom stereocenters. The van der Waals surface area contributed by atoms with E-state index >= 15 is 0 Å². The average molecular weight is 204 g/mol. The third kappa shape index (κ3) is 1.65. The first-order valence-corrected chi connectivity index (χ1v) is 4.92. The monoisotopic (exact) mass is 204 g/mol. The summed E-state index contributed by atoms with van der Waals surface area (Å²) >= 11 is 0. The molecule has 2 rings (SSSR count). The predicted molar refractivity (Wildman–Crippen MR) is 55.2 cm³/mol. The molecular formula is C12H12O3. The Balaban J connectivity index is 2.44. The third-order valence-corrected chi connectivity index (χ3v) is 2.81. The Morgan fingerprint density at radius 1 is 1.47 bits per heavy atom. The van der Waals surface area contributed by atoms with Gasteiger partial charge in [0.1, 0.15) is 12.0 Å². The minimum atomic E-state index is -0.468. The molecule has 0 heterocycles. The molecule has 0 saturated carbocycles. The summed E-state index contributed by atoms with van der Waals surface area (Å²) in [5.74, 6) is 0.114. The second-order valence-corrected chi connectivity index (χ2v) is 3.67. The Kier molecular flexibility index (Phi) is 2.54. The standard InChI is InChI=1S/C12H12O3/c1-15-10-5-4-8-2-3-9(7-13)12(14)11(8)6-10/h4-7,9H,2-3H2,1H3. The van der Waals surface area contributed by atoms with Gasteiger partial charge in [0, 0.05) is 5.56 Å². The first-order valence-electron chi connectivity index (χ1n) is 4.92. The smallest absolute Gasteiger partial charge is 0.173 e. The van der Waals surface area contributed by atoms with Crippen LogP contribution in [0.4, 0.5) is 0 Å². The van der Waals surface area contributed by atoms with E-state index in [1.807, 2.05) is 12.1 Å². The van der Waals surface area contributed by atoms with E-state index in [1.165, 1.54) is 0 Å². The molecular weight excluding hydrogens is 192 g/mol. The van der Waals surface area contributed by atoms with Crippen molar-refractivity contribution in [3.63, 3.8) is 0 Å². The molecule has 3 heteroatoms. The first kappa shape index (κ1) is 9.90. The summed E-state index contributed by atoms with van der Waals surface area (Å²) in [6, 6.07) is 5.45. The zero-order chi connectivity index (χ0) is 10.8. The van der Waals surface area contributed by atoms with E-state index in [-0.39, 0.29) is 5.78 Å². The molecule has 0 bridgehead atoms. The maximum atomic E-state index is 11.8. The van der Waals surface area contributed by atoms with E-state index in [2.05, 4.69) is 0 Å². The fraction of sp³-hybridized carbons (Fsp3) is 0.333. The van der Waals surface area contributed by atoms with Crippen molar-refractivity contribution in [3.05, 3.63) is 29.3 Å². The number of Topliss-reactive ketones (excluding diaryl/α,β-unsaturated/α-hetero) is 1. The van der Waals surface area contributed by atoms with Gasteiger partial charge in [0.05, 0.1) is 13.0 Å². The molecule has 1 atom stereocenters. The largest absolute Gasteiger partial charge is 0.497 e.